The van der Waals surface area contributed by atoms with E-state index in [2.05, 4.69) is 0 Å². The summed E-state index contributed by atoms with van der Waals surface area (Å²) < 4.78 is 6.81. The third-order valence-electron chi connectivity index (χ3n) is 2.61. The quantitative estimate of drug-likeness (QED) is 0.783. The third kappa shape index (κ3) is 2.19. The number of ether oxygens (including phenoxy) is 1. The molecule has 0 saturated carbocycles. The lowest BCUT2D eigenvalue weighted by Gasteiger charge is -2.05. The zero-order chi connectivity index (χ0) is 12.4. The molecule has 0 aliphatic carbocycles. The van der Waals surface area contributed by atoms with Crippen molar-refractivity contribution in [3.8, 4) is 17.0 Å². The van der Waals surface area contributed by atoms with Crippen LogP contribution in [0.5, 0.6) is 5.88 Å². The van der Waals surface area contributed by atoms with E-state index in [-0.39, 0.29) is 0 Å². The van der Waals surface area contributed by atoms with Crippen LogP contribution in [-0.4, -0.2) is 11.0 Å². The van der Waals surface area contributed by atoms with Gasteiger partial charge in [-0.05, 0) is 30.2 Å². The molecule has 0 N–H and O–H groups in total. The van der Waals surface area contributed by atoms with Crippen LogP contribution in [0.1, 0.15) is 5.56 Å². The summed E-state index contributed by atoms with van der Waals surface area (Å²) in [4.78, 5) is 10.5. The molecule has 0 atom stereocenters. The number of carbonyl (C=O) groups excluding carboxylic acids is 1. The first kappa shape index (κ1) is 11.7. The Morgan fingerprint density at radius 1 is 1.29 bits per heavy atom. The van der Waals surface area contributed by atoms with Crippen molar-refractivity contribution in [3.05, 3.63) is 41.0 Å². The van der Waals surface area contributed by atoms with Gasteiger partial charge in [0.1, 0.15) is 0 Å². The standard InChI is InChI=1S/C13H12ClNO2/c1-9-7-15(2)13(17-8-16)12(9)10-3-5-11(14)6-4-10/h3-8H,1-2H3. The van der Waals surface area contributed by atoms with Gasteiger partial charge in [0, 0.05) is 23.8 Å². The molecule has 0 amide bonds. The van der Waals surface area contributed by atoms with E-state index in [4.69, 9.17) is 16.3 Å². The number of benzene rings is 1. The Kier molecular flexibility index (Phi) is 3.20. The molecule has 0 spiro atoms. The first-order chi connectivity index (χ1) is 8.13. The smallest absolute Gasteiger partial charge is 0.299 e. The molecule has 3 nitrogen and oxygen atoms in total. The van der Waals surface area contributed by atoms with Gasteiger partial charge in [-0.15, -0.1) is 0 Å². The van der Waals surface area contributed by atoms with E-state index in [0.717, 1.165) is 16.7 Å². The van der Waals surface area contributed by atoms with Gasteiger partial charge in [0.2, 0.25) is 5.88 Å². The Balaban J connectivity index is 2.57. The summed E-state index contributed by atoms with van der Waals surface area (Å²) in [7, 11) is 1.84. The highest BCUT2D eigenvalue weighted by Crippen LogP contribution is 2.34. The number of aryl methyl sites for hydroxylation is 2. The van der Waals surface area contributed by atoms with Gasteiger partial charge in [-0.1, -0.05) is 23.7 Å². The van der Waals surface area contributed by atoms with Gasteiger partial charge in [0.05, 0.1) is 0 Å². The summed E-state index contributed by atoms with van der Waals surface area (Å²) in [6.07, 6.45) is 1.92. The predicted octanol–water partition coefficient (Wildman–Crippen LogP) is 3.19. The van der Waals surface area contributed by atoms with E-state index in [0.29, 0.717) is 17.4 Å². The highest BCUT2D eigenvalue weighted by molar-refractivity contribution is 6.30. The highest BCUT2D eigenvalue weighted by atomic mass is 35.5. The van der Waals surface area contributed by atoms with Crippen LogP contribution in [0.4, 0.5) is 0 Å². The largest absolute Gasteiger partial charge is 0.411 e. The Morgan fingerprint density at radius 2 is 1.94 bits per heavy atom. The predicted molar refractivity (Wildman–Crippen MR) is 67.3 cm³/mol. The summed E-state index contributed by atoms with van der Waals surface area (Å²) >= 11 is 5.85. The van der Waals surface area contributed by atoms with Crippen LogP contribution in [0.2, 0.25) is 5.02 Å². The number of carbonyl (C=O) groups is 1. The van der Waals surface area contributed by atoms with Gasteiger partial charge in [-0.2, -0.15) is 0 Å². The molecule has 88 valence electrons. The van der Waals surface area contributed by atoms with Crippen LogP contribution >= 0.6 is 11.6 Å². The minimum atomic E-state index is 0.439. The minimum absolute atomic E-state index is 0.439. The average Bonchev–Trinajstić information content (AvgIpc) is 2.56. The van der Waals surface area contributed by atoms with E-state index in [1.165, 1.54) is 0 Å². The first-order valence-corrected chi connectivity index (χ1v) is 5.53. The molecule has 17 heavy (non-hydrogen) atoms. The maximum Gasteiger partial charge on any atom is 0.299 e. The van der Waals surface area contributed by atoms with Crippen LogP contribution < -0.4 is 4.74 Å². The SMILES string of the molecule is Cc1cn(C)c(OC=O)c1-c1ccc(Cl)cc1. The first-order valence-electron chi connectivity index (χ1n) is 5.15. The molecule has 0 aliphatic rings. The molecule has 1 aromatic heterocycles. The normalized spacial score (nSPS) is 10.3. The monoisotopic (exact) mass is 249 g/mol. The lowest BCUT2D eigenvalue weighted by atomic mass is 10.1. The number of rotatable bonds is 3. The van der Waals surface area contributed by atoms with Gasteiger partial charge in [-0.25, -0.2) is 0 Å². The number of aromatic nitrogens is 1. The molecule has 0 bridgehead atoms. The van der Waals surface area contributed by atoms with Gasteiger partial charge in [-0.3, -0.25) is 4.79 Å². The maximum atomic E-state index is 10.5. The fourth-order valence-electron chi connectivity index (χ4n) is 1.91. The number of hydrogen-bond donors (Lipinski definition) is 0. The Bertz CT molecular complexity index is 543. The molecule has 1 heterocycles. The highest BCUT2D eigenvalue weighted by Gasteiger charge is 2.14. The fourth-order valence-corrected chi connectivity index (χ4v) is 2.04. The van der Waals surface area contributed by atoms with Crippen LogP contribution in [-0.2, 0) is 11.8 Å². The number of halogens is 1. The van der Waals surface area contributed by atoms with E-state index >= 15 is 0 Å². The molecule has 0 fully saturated rings. The molecule has 0 radical (unpaired) electrons. The van der Waals surface area contributed by atoms with E-state index in [1.807, 2.05) is 44.4 Å². The van der Waals surface area contributed by atoms with Crippen molar-refractivity contribution in [1.29, 1.82) is 0 Å². The van der Waals surface area contributed by atoms with Crippen molar-refractivity contribution in [3.63, 3.8) is 0 Å². The second-order valence-corrected chi connectivity index (χ2v) is 4.26. The number of nitrogens with zero attached hydrogens (tertiary/aromatic N) is 1. The van der Waals surface area contributed by atoms with Crippen molar-refractivity contribution in [1.82, 2.24) is 4.57 Å². The molecule has 2 aromatic rings. The molecule has 0 saturated heterocycles. The molecule has 4 heteroatoms. The average molecular weight is 250 g/mol. The van der Waals surface area contributed by atoms with Crippen LogP contribution in [0.15, 0.2) is 30.5 Å². The molecule has 2 rings (SSSR count). The van der Waals surface area contributed by atoms with Crippen LogP contribution in [0, 0.1) is 6.92 Å². The summed E-state index contributed by atoms with van der Waals surface area (Å²) in [6.45, 7) is 2.41. The molecule has 1 aromatic carbocycles. The van der Waals surface area contributed by atoms with E-state index in [9.17, 15) is 4.79 Å². The second kappa shape index (κ2) is 4.63. The van der Waals surface area contributed by atoms with E-state index in [1.54, 1.807) is 4.57 Å². The summed E-state index contributed by atoms with van der Waals surface area (Å²) in [5.74, 6) is 0.542. The maximum absolute atomic E-state index is 10.5. The summed E-state index contributed by atoms with van der Waals surface area (Å²) in [5, 5.41) is 0.681. The van der Waals surface area contributed by atoms with Gasteiger partial charge < -0.3 is 9.30 Å². The zero-order valence-electron chi connectivity index (χ0n) is 9.61. The van der Waals surface area contributed by atoms with E-state index < -0.39 is 0 Å². The van der Waals surface area contributed by atoms with Crippen molar-refractivity contribution >= 4 is 18.1 Å². The van der Waals surface area contributed by atoms with Crippen LogP contribution in [0.25, 0.3) is 11.1 Å². The summed E-state index contributed by atoms with van der Waals surface area (Å²) in [6, 6.07) is 7.44. The Hall–Kier alpha value is -1.74. The summed E-state index contributed by atoms with van der Waals surface area (Å²) in [5.41, 5.74) is 2.94. The topological polar surface area (TPSA) is 31.2 Å². The van der Waals surface area contributed by atoms with Crippen molar-refractivity contribution in [2.24, 2.45) is 7.05 Å². The molecular weight excluding hydrogens is 238 g/mol. The zero-order valence-corrected chi connectivity index (χ0v) is 10.4. The van der Waals surface area contributed by atoms with Crippen molar-refractivity contribution in [2.75, 3.05) is 0 Å². The minimum Gasteiger partial charge on any atom is -0.411 e. The van der Waals surface area contributed by atoms with Gasteiger partial charge in [0.25, 0.3) is 6.47 Å². The third-order valence-corrected chi connectivity index (χ3v) is 2.86. The Labute approximate surface area is 105 Å². The van der Waals surface area contributed by atoms with Crippen molar-refractivity contribution in [2.45, 2.75) is 6.92 Å². The van der Waals surface area contributed by atoms with Gasteiger partial charge in [0.15, 0.2) is 0 Å². The van der Waals surface area contributed by atoms with Crippen LogP contribution in [0.3, 0.4) is 0 Å². The second-order valence-electron chi connectivity index (χ2n) is 3.82. The molecule has 0 aliphatic heterocycles. The fraction of sp³-hybridized carbons (Fsp3) is 0.154. The van der Waals surface area contributed by atoms with Gasteiger partial charge >= 0.3 is 0 Å². The molecule has 0 unspecified atom stereocenters. The lowest BCUT2D eigenvalue weighted by Crippen LogP contribution is -1.96. The van der Waals surface area contributed by atoms with Crippen molar-refractivity contribution < 1.29 is 9.53 Å². The lowest BCUT2D eigenvalue weighted by molar-refractivity contribution is -0.121. The molecular formula is C13H12ClNO2. The number of hydrogen-bond acceptors (Lipinski definition) is 2. The Morgan fingerprint density at radius 3 is 2.53 bits per heavy atom.